The molecule has 1 aliphatic heterocycles. The van der Waals surface area contributed by atoms with Crippen molar-refractivity contribution in [3.8, 4) is 16.9 Å². The molecule has 0 bridgehead atoms. The Labute approximate surface area is 200 Å². The largest absolute Gasteiger partial charge is 0.495 e. The third-order valence-corrected chi connectivity index (χ3v) is 7.83. The first kappa shape index (κ1) is 24.2. The third kappa shape index (κ3) is 4.39. The number of carbonyl (C=O) groups is 1. The maximum absolute atomic E-state index is 13.6. The first-order valence-corrected chi connectivity index (χ1v) is 12.9. The predicted octanol–water partition coefficient (Wildman–Crippen LogP) is 3.33. The van der Waals surface area contributed by atoms with E-state index < -0.39 is 10.0 Å². The van der Waals surface area contributed by atoms with Crippen LogP contribution in [0, 0.1) is 13.8 Å². The molecule has 1 fully saturated rings. The molecule has 0 spiro atoms. The molecule has 2 aromatic heterocycles. The molecule has 0 radical (unpaired) electrons. The second kappa shape index (κ2) is 9.34. The first-order valence-electron chi connectivity index (χ1n) is 11.5. The van der Waals surface area contributed by atoms with Crippen LogP contribution < -0.4 is 10.1 Å². The molecular formula is C24H31N5O4S. The van der Waals surface area contributed by atoms with Gasteiger partial charge in [-0.25, -0.2) is 17.9 Å². The summed E-state index contributed by atoms with van der Waals surface area (Å²) < 4.78 is 35.7. The Kier molecular flexibility index (Phi) is 6.64. The van der Waals surface area contributed by atoms with Crippen molar-refractivity contribution in [3.05, 3.63) is 41.3 Å². The summed E-state index contributed by atoms with van der Waals surface area (Å²) in [5.74, 6) is -0.0805. The molecule has 0 saturated carbocycles. The number of nitrogens with zero attached hydrogens (tertiary/aromatic N) is 4. The Morgan fingerprint density at radius 2 is 1.82 bits per heavy atom. The highest BCUT2D eigenvalue weighted by Crippen LogP contribution is 2.36. The molecule has 9 nitrogen and oxygen atoms in total. The van der Waals surface area contributed by atoms with Gasteiger partial charge in [0.2, 0.25) is 10.0 Å². The average molecular weight is 486 g/mol. The number of hydrogen-bond acceptors (Lipinski definition) is 6. The molecule has 1 amide bonds. The van der Waals surface area contributed by atoms with E-state index in [4.69, 9.17) is 4.74 Å². The molecule has 34 heavy (non-hydrogen) atoms. The smallest absolute Gasteiger partial charge is 0.272 e. The minimum absolute atomic E-state index is 0.0772. The lowest BCUT2D eigenvalue weighted by atomic mass is 10.0. The van der Waals surface area contributed by atoms with Crippen LogP contribution in [0.5, 0.6) is 5.75 Å². The van der Waals surface area contributed by atoms with Crippen molar-refractivity contribution in [3.63, 3.8) is 0 Å². The average Bonchev–Trinajstić information content (AvgIpc) is 3.18. The van der Waals surface area contributed by atoms with E-state index in [0.29, 0.717) is 29.9 Å². The molecule has 3 aromatic rings. The number of carbonyl (C=O) groups excluding carboxylic acids is 1. The molecule has 10 heteroatoms. The van der Waals surface area contributed by atoms with Gasteiger partial charge in [-0.15, -0.1) is 0 Å². The van der Waals surface area contributed by atoms with E-state index >= 15 is 0 Å². The van der Waals surface area contributed by atoms with E-state index in [9.17, 15) is 13.2 Å². The van der Waals surface area contributed by atoms with Crippen molar-refractivity contribution in [2.45, 2.75) is 57.9 Å². The maximum Gasteiger partial charge on any atom is 0.272 e. The zero-order valence-electron chi connectivity index (χ0n) is 20.3. The molecule has 0 aliphatic carbocycles. The van der Waals surface area contributed by atoms with Gasteiger partial charge in [-0.1, -0.05) is 12.5 Å². The standard InChI is InChI=1S/C24H31N5O4S/c1-15(2)25-24(30)22-21(23-26-16(3)13-17(4)29(23)27-22)18-9-10-19(33-5)20(14-18)34(31,32)28-11-7-6-8-12-28/h9-10,13-15H,6-8,11-12H2,1-5H3,(H,25,30). The number of benzene rings is 1. The van der Waals surface area contributed by atoms with E-state index in [1.807, 2.05) is 33.8 Å². The Balaban J connectivity index is 1.95. The van der Waals surface area contributed by atoms with Gasteiger partial charge in [-0.3, -0.25) is 4.79 Å². The van der Waals surface area contributed by atoms with E-state index in [2.05, 4.69) is 15.4 Å². The zero-order chi connectivity index (χ0) is 24.6. The number of amides is 1. The molecule has 3 heterocycles. The van der Waals surface area contributed by atoms with Gasteiger partial charge >= 0.3 is 0 Å². The number of nitrogens with one attached hydrogen (secondary N) is 1. The van der Waals surface area contributed by atoms with Crippen LogP contribution >= 0.6 is 0 Å². The molecule has 1 N–H and O–H groups in total. The van der Waals surface area contributed by atoms with Gasteiger partial charge in [0.15, 0.2) is 11.3 Å². The van der Waals surface area contributed by atoms with Gasteiger partial charge in [-0.2, -0.15) is 9.40 Å². The SMILES string of the molecule is COc1ccc(-c2c(C(=O)NC(C)C)nn3c(C)cc(C)nc23)cc1S(=O)(=O)N1CCCCC1. The lowest BCUT2D eigenvalue weighted by Crippen LogP contribution is -2.35. The van der Waals surface area contributed by atoms with Crippen molar-refractivity contribution >= 4 is 21.6 Å². The van der Waals surface area contributed by atoms with Crippen molar-refractivity contribution in [1.82, 2.24) is 24.2 Å². The van der Waals surface area contributed by atoms with Crippen molar-refractivity contribution in [2.24, 2.45) is 0 Å². The monoisotopic (exact) mass is 485 g/mol. The predicted molar refractivity (Wildman–Crippen MR) is 130 cm³/mol. The summed E-state index contributed by atoms with van der Waals surface area (Å²) in [4.78, 5) is 17.8. The van der Waals surface area contributed by atoms with Gasteiger partial charge < -0.3 is 10.1 Å². The Hall–Kier alpha value is -2.98. The quantitative estimate of drug-likeness (QED) is 0.574. The fraction of sp³-hybridized carbons (Fsp3) is 0.458. The van der Waals surface area contributed by atoms with Crippen molar-refractivity contribution in [2.75, 3.05) is 20.2 Å². The van der Waals surface area contributed by atoms with Crippen LogP contribution in [0.1, 0.15) is 55.0 Å². The Morgan fingerprint density at radius 1 is 1.12 bits per heavy atom. The summed E-state index contributed by atoms with van der Waals surface area (Å²) >= 11 is 0. The molecule has 182 valence electrons. The van der Waals surface area contributed by atoms with Crippen LogP contribution in [-0.2, 0) is 10.0 Å². The molecule has 0 unspecified atom stereocenters. The number of hydrogen-bond donors (Lipinski definition) is 1. The number of ether oxygens (including phenoxy) is 1. The van der Waals surface area contributed by atoms with E-state index in [1.54, 1.807) is 22.7 Å². The van der Waals surface area contributed by atoms with E-state index in [1.165, 1.54) is 11.4 Å². The van der Waals surface area contributed by atoms with Gasteiger partial charge in [0.1, 0.15) is 10.6 Å². The topological polar surface area (TPSA) is 106 Å². The van der Waals surface area contributed by atoms with Crippen LogP contribution in [0.15, 0.2) is 29.2 Å². The summed E-state index contributed by atoms with van der Waals surface area (Å²) in [6.45, 7) is 8.47. The fourth-order valence-electron chi connectivity index (χ4n) is 4.35. The Bertz CT molecular complexity index is 1340. The summed E-state index contributed by atoms with van der Waals surface area (Å²) in [5, 5.41) is 7.45. The summed E-state index contributed by atoms with van der Waals surface area (Å²) in [5.41, 5.74) is 3.32. The second-order valence-electron chi connectivity index (χ2n) is 8.96. The van der Waals surface area contributed by atoms with Gasteiger partial charge in [0, 0.05) is 30.5 Å². The zero-order valence-corrected chi connectivity index (χ0v) is 21.1. The fourth-order valence-corrected chi connectivity index (χ4v) is 6.05. The molecule has 1 aliphatic rings. The number of piperidine rings is 1. The number of aryl methyl sites for hydroxylation is 2. The lowest BCUT2D eigenvalue weighted by molar-refractivity contribution is 0.0938. The summed E-state index contributed by atoms with van der Waals surface area (Å²) in [6, 6.07) is 6.74. The normalized spacial score (nSPS) is 15.1. The van der Waals surface area contributed by atoms with Gasteiger partial charge in [0.05, 0.1) is 12.7 Å². The molecule has 4 rings (SSSR count). The lowest BCUT2D eigenvalue weighted by Gasteiger charge is -2.26. The second-order valence-corrected chi connectivity index (χ2v) is 10.9. The minimum Gasteiger partial charge on any atom is -0.495 e. The number of aromatic nitrogens is 3. The van der Waals surface area contributed by atoms with Crippen molar-refractivity contribution < 1.29 is 17.9 Å². The third-order valence-electron chi connectivity index (χ3n) is 5.92. The number of methoxy groups -OCH3 is 1. The van der Waals surface area contributed by atoms with E-state index in [-0.39, 0.29) is 28.3 Å². The summed E-state index contributed by atoms with van der Waals surface area (Å²) in [6.07, 6.45) is 2.68. The van der Waals surface area contributed by atoms with Crippen LogP contribution in [0.2, 0.25) is 0 Å². The highest BCUT2D eigenvalue weighted by atomic mass is 32.2. The van der Waals surface area contributed by atoms with Crippen LogP contribution in [0.3, 0.4) is 0 Å². The van der Waals surface area contributed by atoms with Crippen LogP contribution in [0.4, 0.5) is 0 Å². The minimum atomic E-state index is -3.78. The number of fused-ring (bicyclic) bond motifs is 1. The van der Waals surface area contributed by atoms with E-state index in [0.717, 1.165) is 30.7 Å². The molecule has 1 aromatic carbocycles. The number of rotatable bonds is 6. The Morgan fingerprint density at radius 3 is 2.47 bits per heavy atom. The van der Waals surface area contributed by atoms with Crippen LogP contribution in [-0.4, -0.2) is 59.5 Å². The van der Waals surface area contributed by atoms with Crippen LogP contribution in [0.25, 0.3) is 16.8 Å². The summed E-state index contributed by atoms with van der Waals surface area (Å²) in [7, 11) is -2.33. The highest BCUT2D eigenvalue weighted by Gasteiger charge is 2.31. The molecule has 1 saturated heterocycles. The maximum atomic E-state index is 13.6. The first-order chi connectivity index (χ1) is 16.1. The molecular weight excluding hydrogens is 454 g/mol. The van der Waals surface area contributed by atoms with Gasteiger partial charge in [0.25, 0.3) is 5.91 Å². The van der Waals surface area contributed by atoms with Gasteiger partial charge in [-0.05, 0) is 64.3 Å². The molecule has 0 atom stereocenters. The van der Waals surface area contributed by atoms with Crippen molar-refractivity contribution in [1.29, 1.82) is 0 Å². The highest BCUT2D eigenvalue weighted by molar-refractivity contribution is 7.89. The number of sulfonamides is 1.